The Balaban J connectivity index is 1.92. The summed E-state index contributed by atoms with van der Waals surface area (Å²) < 4.78 is 6.51. The first-order chi connectivity index (χ1) is 8.65. The van der Waals surface area contributed by atoms with Gasteiger partial charge in [0, 0.05) is 38.4 Å². The average molecular weight is 352 g/mol. The normalized spacial score (nSPS) is 18.8. The van der Waals surface area contributed by atoms with Gasteiger partial charge in [-0.1, -0.05) is 39.0 Å². The molecule has 0 unspecified atom stereocenters. The SMILES string of the molecule is CN(C)c1nnc(SCC2(CBr)CCOCC2)s1. The summed E-state index contributed by atoms with van der Waals surface area (Å²) in [5.41, 5.74) is 0.354. The van der Waals surface area contributed by atoms with E-state index in [0.717, 1.165) is 46.6 Å². The Kier molecular flexibility index (Phi) is 5.29. The minimum absolute atomic E-state index is 0.354. The van der Waals surface area contributed by atoms with Crippen molar-refractivity contribution in [1.29, 1.82) is 0 Å². The molecule has 2 rings (SSSR count). The summed E-state index contributed by atoms with van der Waals surface area (Å²) in [6, 6.07) is 0. The number of anilines is 1. The highest BCUT2D eigenvalue weighted by Gasteiger charge is 2.32. The van der Waals surface area contributed by atoms with Gasteiger partial charge in [0.15, 0.2) is 4.34 Å². The zero-order chi connectivity index (χ0) is 13.0. The molecular weight excluding hydrogens is 334 g/mol. The minimum Gasteiger partial charge on any atom is -0.381 e. The van der Waals surface area contributed by atoms with Crippen LogP contribution < -0.4 is 4.90 Å². The van der Waals surface area contributed by atoms with E-state index in [1.54, 1.807) is 11.3 Å². The maximum atomic E-state index is 5.45. The van der Waals surface area contributed by atoms with Gasteiger partial charge in [-0.25, -0.2) is 0 Å². The Morgan fingerprint density at radius 3 is 2.67 bits per heavy atom. The van der Waals surface area contributed by atoms with Crippen LogP contribution in [0.25, 0.3) is 0 Å². The third-order valence-electron chi connectivity index (χ3n) is 3.12. The lowest BCUT2D eigenvalue weighted by Gasteiger charge is -2.34. The van der Waals surface area contributed by atoms with Gasteiger partial charge >= 0.3 is 0 Å². The molecule has 102 valence electrons. The third kappa shape index (κ3) is 3.59. The highest BCUT2D eigenvalue weighted by molar-refractivity contribution is 9.09. The molecule has 0 atom stereocenters. The summed E-state index contributed by atoms with van der Waals surface area (Å²) in [5, 5.41) is 10.4. The van der Waals surface area contributed by atoms with Crippen molar-refractivity contribution in [1.82, 2.24) is 10.2 Å². The van der Waals surface area contributed by atoms with E-state index in [0.29, 0.717) is 5.41 Å². The zero-order valence-electron chi connectivity index (χ0n) is 10.7. The molecule has 7 heteroatoms. The van der Waals surface area contributed by atoms with Gasteiger partial charge in [-0.3, -0.25) is 0 Å². The number of hydrogen-bond acceptors (Lipinski definition) is 6. The number of hydrogen-bond donors (Lipinski definition) is 0. The molecule has 1 aliphatic heterocycles. The van der Waals surface area contributed by atoms with Gasteiger partial charge < -0.3 is 9.64 Å². The average Bonchev–Trinajstić information content (AvgIpc) is 2.87. The summed E-state index contributed by atoms with van der Waals surface area (Å²) in [6.45, 7) is 1.76. The van der Waals surface area contributed by atoms with Gasteiger partial charge in [0.05, 0.1) is 0 Å². The number of halogens is 1. The van der Waals surface area contributed by atoms with Gasteiger partial charge in [-0.15, -0.1) is 10.2 Å². The predicted octanol–water partition coefficient (Wildman–Crippen LogP) is 2.89. The van der Waals surface area contributed by atoms with Gasteiger partial charge in [0.2, 0.25) is 5.13 Å². The number of thioether (sulfide) groups is 1. The molecule has 4 nitrogen and oxygen atoms in total. The standard InChI is InChI=1S/C11H18BrN3OS2/c1-15(2)9-13-14-10(18-9)17-8-11(7-12)3-5-16-6-4-11/h3-8H2,1-2H3. The van der Waals surface area contributed by atoms with Crippen LogP contribution in [0.5, 0.6) is 0 Å². The molecule has 0 N–H and O–H groups in total. The lowest BCUT2D eigenvalue weighted by molar-refractivity contribution is 0.0374. The third-order valence-corrected chi connectivity index (χ3v) is 6.88. The van der Waals surface area contributed by atoms with Crippen molar-refractivity contribution in [3.05, 3.63) is 0 Å². The second kappa shape index (κ2) is 6.54. The van der Waals surface area contributed by atoms with Crippen LogP contribution in [0, 0.1) is 5.41 Å². The van der Waals surface area contributed by atoms with Crippen molar-refractivity contribution < 1.29 is 4.74 Å². The van der Waals surface area contributed by atoms with E-state index in [4.69, 9.17) is 4.74 Å². The highest BCUT2D eigenvalue weighted by atomic mass is 79.9. The van der Waals surface area contributed by atoms with Crippen LogP contribution in [0.1, 0.15) is 12.8 Å². The molecule has 0 aromatic carbocycles. The number of rotatable bonds is 5. The van der Waals surface area contributed by atoms with E-state index in [1.165, 1.54) is 0 Å². The molecule has 1 aliphatic rings. The molecular formula is C11H18BrN3OS2. The quantitative estimate of drug-likeness (QED) is 0.602. The van der Waals surface area contributed by atoms with Crippen molar-refractivity contribution in [2.45, 2.75) is 17.2 Å². The van der Waals surface area contributed by atoms with Crippen LogP contribution in [0.15, 0.2) is 4.34 Å². The summed E-state index contributed by atoms with van der Waals surface area (Å²) in [7, 11) is 3.99. The molecule has 0 bridgehead atoms. The summed E-state index contributed by atoms with van der Waals surface area (Å²) in [5.74, 6) is 1.09. The molecule has 0 aliphatic carbocycles. The Morgan fingerprint density at radius 2 is 2.11 bits per heavy atom. The van der Waals surface area contributed by atoms with Gasteiger partial charge in [-0.05, 0) is 18.3 Å². The van der Waals surface area contributed by atoms with Gasteiger partial charge in [0.1, 0.15) is 0 Å². The zero-order valence-corrected chi connectivity index (χ0v) is 13.9. The molecule has 1 fully saturated rings. The van der Waals surface area contributed by atoms with Crippen molar-refractivity contribution in [2.24, 2.45) is 5.41 Å². The highest BCUT2D eigenvalue weighted by Crippen LogP contribution is 2.39. The number of nitrogens with zero attached hydrogens (tertiary/aromatic N) is 3. The monoisotopic (exact) mass is 351 g/mol. The van der Waals surface area contributed by atoms with E-state index in [2.05, 4.69) is 26.1 Å². The van der Waals surface area contributed by atoms with E-state index in [-0.39, 0.29) is 0 Å². The van der Waals surface area contributed by atoms with Crippen LogP contribution in [0.4, 0.5) is 5.13 Å². The molecule has 0 spiro atoms. The summed E-state index contributed by atoms with van der Waals surface area (Å²) in [4.78, 5) is 2.00. The Labute approximate surface area is 125 Å². The lowest BCUT2D eigenvalue weighted by Crippen LogP contribution is -2.33. The van der Waals surface area contributed by atoms with Crippen LogP contribution in [0.3, 0.4) is 0 Å². The van der Waals surface area contributed by atoms with Gasteiger partial charge in [0.25, 0.3) is 0 Å². The summed E-state index contributed by atoms with van der Waals surface area (Å²) >= 11 is 7.14. The first-order valence-corrected chi connectivity index (χ1v) is 8.85. The molecule has 2 heterocycles. The minimum atomic E-state index is 0.354. The van der Waals surface area contributed by atoms with Crippen molar-refractivity contribution >= 4 is 44.2 Å². The van der Waals surface area contributed by atoms with Crippen molar-refractivity contribution in [3.63, 3.8) is 0 Å². The lowest BCUT2D eigenvalue weighted by atomic mass is 9.85. The fourth-order valence-corrected chi connectivity index (χ4v) is 4.86. The van der Waals surface area contributed by atoms with Gasteiger partial charge in [-0.2, -0.15) is 0 Å². The topological polar surface area (TPSA) is 38.2 Å². The molecule has 0 saturated carbocycles. The summed E-state index contributed by atoms with van der Waals surface area (Å²) in [6.07, 6.45) is 2.26. The predicted molar refractivity (Wildman–Crippen MR) is 81.2 cm³/mol. The van der Waals surface area contributed by atoms with Crippen LogP contribution >= 0.6 is 39.0 Å². The van der Waals surface area contributed by atoms with E-state index in [9.17, 15) is 0 Å². The smallest absolute Gasteiger partial charge is 0.208 e. The molecule has 1 saturated heterocycles. The fraction of sp³-hybridized carbons (Fsp3) is 0.818. The molecule has 1 aromatic heterocycles. The van der Waals surface area contributed by atoms with Crippen LogP contribution in [-0.4, -0.2) is 48.6 Å². The second-order valence-corrected chi connectivity index (χ2v) is 7.52. The van der Waals surface area contributed by atoms with E-state index in [1.807, 2.05) is 30.8 Å². The maximum absolute atomic E-state index is 5.45. The molecule has 1 aromatic rings. The Morgan fingerprint density at radius 1 is 1.39 bits per heavy atom. The van der Waals surface area contributed by atoms with Crippen LogP contribution in [0.2, 0.25) is 0 Å². The molecule has 0 radical (unpaired) electrons. The first kappa shape index (κ1) is 14.6. The number of aromatic nitrogens is 2. The first-order valence-electron chi connectivity index (χ1n) is 5.93. The van der Waals surface area contributed by atoms with Crippen LogP contribution in [-0.2, 0) is 4.74 Å². The number of alkyl halides is 1. The second-order valence-electron chi connectivity index (χ2n) is 4.78. The van der Waals surface area contributed by atoms with E-state index < -0.39 is 0 Å². The Hall–Kier alpha value is 0.150. The fourth-order valence-electron chi connectivity index (χ4n) is 1.78. The Bertz CT molecular complexity index is 380. The van der Waals surface area contributed by atoms with E-state index >= 15 is 0 Å². The van der Waals surface area contributed by atoms with Crippen molar-refractivity contribution in [3.8, 4) is 0 Å². The largest absolute Gasteiger partial charge is 0.381 e. The number of ether oxygens (including phenoxy) is 1. The van der Waals surface area contributed by atoms with Crippen molar-refractivity contribution in [2.75, 3.05) is 43.3 Å². The molecule has 18 heavy (non-hydrogen) atoms. The maximum Gasteiger partial charge on any atom is 0.208 e. The molecule has 0 amide bonds.